The fraction of sp³-hybridized carbons (Fsp3) is 0.0714. The number of nitrogens with one attached hydrogen (secondary N) is 1. The van der Waals surface area contributed by atoms with E-state index in [-0.39, 0.29) is 12.1 Å². The van der Waals surface area contributed by atoms with Crippen LogP contribution in [0.4, 0.5) is 14.5 Å². The lowest BCUT2D eigenvalue weighted by Gasteiger charge is -2.08. The molecule has 0 saturated heterocycles. The van der Waals surface area contributed by atoms with Crippen LogP contribution in [0.1, 0.15) is 15.9 Å². The van der Waals surface area contributed by atoms with E-state index in [1.807, 2.05) is 0 Å². The van der Waals surface area contributed by atoms with Gasteiger partial charge in [-0.1, -0.05) is 18.2 Å². The highest BCUT2D eigenvalue weighted by Crippen LogP contribution is 2.16. The summed E-state index contributed by atoms with van der Waals surface area (Å²) in [4.78, 5) is 10.9. The number of nitrogens with two attached hydrogens (primary N) is 1. The van der Waals surface area contributed by atoms with Crippen molar-refractivity contribution < 1.29 is 13.6 Å². The molecule has 0 aliphatic heterocycles. The predicted molar refractivity (Wildman–Crippen MR) is 68.6 cm³/mol. The van der Waals surface area contributed by atoms with Crippen molar-refractivity contribution in [3.8, 4) is 0 Å². The van der Waals surface area contributed by atoms with Gasteiger partial charge in [-0.25, -0.2) is 8.78 Å². The molecule has 3 N–H and O–H groups in total. The quantitative estimate of drug-likeness (QED) is 0.890. The maximum Gasteiger partial charge on any atom is 0.248 e. The third kappa shape index (κ3) is 3.07. The molecule has 0 saturated carbocycles. The monoisotopic (exact) mass is 262 g/mol. The minimum Gasteiger partial charge on any atom is -0.378 e. The first kappa shape index (κ1) is 13.0. The predicted octanol–water partition coefficient (Wildman–Crippen LogP) is 2.68. The Bertz CT molecular complexity index is 614. The summed E-state index contributed by atoms with van der Waals surface area (Å²) in [6, 6.07) is 10.1. The highest BCUT2D eigenvalue weighted by Gasteiger charge is 2.07. The second kappa shape index (κ2) is 5.48. The molecule has 0 atom stereocenters. The minimum atomic E-state index is -0.687. The van der Waals surface area contributed by atoms with Crippen LogP contribution in [0.3, 0.4) is 0 Å². The number of primary amides is 1. The molecule has 0 fully saturated rings. The van der Waals surface area contributed by atoms with Gasteiger partial charge < -0.3 is 11.1 Å². The molecule has 0 aromatic heterocycles. The summed E-state index contributed by atoms with van der Waals surface area (Å²) in [5.74, 6) is -1.65. The molecule has 2 rings (SSSR count). The van der Waals surface area contributed by atoms with Gasteiger partial charge in [0.2, 0.25) is 5.91 Å². The number of benzene rings is 2. The Balaban J connectivity index is 2.12. The molecule has 3 nitrogen and oxygen atoms in total. The number of hydrogen-bond acceptors (Lipinski definition) is 2. The van der Waals surface area contributed by atoms with Crippen LogP contribution in [0.15, 0.2) is 42.5 Å². The molecule has 0 aliphatic carbocycles. The molecule has 0 aliphatic rings. The first-order valence-electron chi connectivity index (χ1n) is 5.64. The minimum absolute atomic E-state index is 0.104. The summed E-state index contributed by atoms with van der Waals surface area (Å²) in [5, 5.41) is 2.79. The van der Waals surface area contributed by atoms with Crippen LogP contribution in [-0.4, -0.2) is 5.91 Å². The summed E-state index contributed by atoms with van der Waals surface area (Å²) in [6.45, 7) is 0.117. The van der Waals surface area contributed by atoms with Gasteiger partial charge in [0.25, 0.3) is 0 Å². The molecular weight excluding hydrogens is 250 g/mol. The van der Waals surface area contributed by atoms with Crippen molar-refractivity contribution in [2.75, 3.05) is 5.32 Å². The van der Waals surface area contributed by atoms with E-state index >= 15 is 0 Å². The lowest BCUT2D eigenvalue weighted by atomic mass is 10.1. The summed E-state index contributed by atoms with van der Waals surface area (Å²) in [7, 11) is 0. The Labute approximate surface area is 109 Å². The van der Waals surface area contributed by atoms with Crippen molar-refractivity contribution >= 4 is 11.6 Å². The fourth-order valence-electron chi connectivity index (χ4n) is 1.64. The lowest BCUT2D eigenvalue weighted by Crippen LogP contribution is -2.12. The zero-order valence-electron chi connectivity index (χ0n) is 9.99. The van der Waals surface area contributed by atoms with E-state index in [1.54, 1.807) is 18.2 Å². The second-order valence-corrected chi connectivity index (χ2v) is 4.00. The van der Waals surface area contributed by atoms with Crippen LogP contribution >= 0.6 is 0 Å². The standard InChI is InChI=1S/C14H12F2N2O/c15-11-3-1-2-4-13(11)18-8-10-6-5-9(14(17)19)7-12(10)16/h1-7,18H,8H2,(H2,17,19). The zero-order chi connectivity index (χ0) is 13.8. The zero-order valence-corrected chi connectivity index (χ0v) is 9.99. The maximum atomic E-state index is 13.7. The maximum absolute atomic E-state index is 13.7. The Hall–Kier alpha value is -2.43. The molecule has 0 heterocycles. The highest BCUT2D eigenvalue weighted by atomic mass is 19.1. The molecule has 2 aromatic carbocycles. The van der Waals surface area contributed by atoms with E-state index < -0.39 is 17.5 Å². The van der Waals surface area contributed by atoms with E-state index in [9.17, 15) is 13.6 Å². The smallest absolute Gasteiger partial charge is 0.248 e. The Morgan fingerprint density at radius 2 is 1.84 bits per heavy atom. The van der Waals surface area contributed by atoms with Crippen molar-refractivity contribution in [2.45, 2.75) is 6.54 Å². The van der Waals surface area contributed by atoms with Gasteiger partial charge in [-0.3, -0.25) is 4.79 Å². The van der Waals surface area contributed by atoms with Crippen molar-refractivity contribution in [3.63, 3.8) is 0 Å². The first-order valence-corrected chi connectivity index (χ1v) is 5.64. The van der Waals surface area contributed by atoms with Crippen LogP contribution in [0.2, 0.25) is 0 Å². The Morgan fingerprint density at radius 1 is 1.11 bits per heavy atom. The number of anilines is 1. The number of rotatable bonds is 4. The van der Waals surface area contributed by atoms with E-state index in [1.165, 1.54) is 18.2 Å². The average Bonchev–Trinajstić information content (AvgIpc) is 2.39. The molecule has 98 valence electrons. The molecular formula is C14H12F2N2O. The van der Waals surface area contributed by atoms with Gasteiger partial charge in [0, 0.05) is 17.7 Å². The van der Waals surface area contributed by atoms with Gasteiger partial charge in [-0.2, -0.15) is 0 Å². The van der Waals surface area contributed by atoms with Gasteiger partial charge in [-0.15, -0.1) is 0 Å². The van der Waals surface area contributed by atoms with Crippen LogP contribution < -0.4 is 11.1 Å². The number of hydrogen-bond donors (Lipinski definition) is 2. The van der Waals surface area contributed by atoms with Crippen LogP contribution in [0, 0.1) is 11.6 Å². The summed E-state index contributed by atoms with van der Waals surface area (Å²) < 4.78 is 27.0. The number of para-hydroxylation sites is 1. The fourth-order valence-corrected chi connectivity index (χ4v) is 1.64. The molecule has 0 unspecified atom stereocenters. The van der Waals surface area contributed by atoms with E-state index in [4.69, 9.17) is 5.73 Å². The van der Waals surface area contributed by atoms with Gasteiger partial charge in [-0.05, 0) is 24.3 Å². The van der Waals surface area contributed by atoms with Crippen LogP contribution in [-0.2, 0) is 6.54 Å². The number of halogens is 2. The van der Waals surface area contributed by atoms with Gasteiger partial charge >= 0.3 is 0 Å². The summed E-state index contributed by atoms with van der Waals surface area (Å²) in [5.41, 5.74) is 5.77. The number of amides is 1. The molecule has 0 radical (unpaired) electrons. The molecule has 0 spiro atoms. The molecule has 1 amide bonds. The third-order valence-corrected chi connectivity index (χ3v) is 2.68. The van der Waals surface area contributed by atoms with Gasteiger partial charge in [0.05, 0.1) is 5.69 Å². The summed E-state index contributed by atoms with van der Waals surface area (Å²) >= 11 is 0. The van der Waals surface area contributed by atoms with Crippen molar-refractivity contribution in [1.29, 1.82) is 0 Å². The van der Waals surface area contributed by atoms with E-state index in [0.717, 1.165) is 6.07 Å². The number of carbonyl (C=O) groups excluding carboxylic acids is 1. The third-order valence-electron chi connectivity index (χ3n) is 2.68. The molecule has 2 aromatic rings. The topological polar surface area (TPSA) is 55.1 Å². The van der Waals surface area contributed by atoms with Crippen LogP contribution in [0.25, 0.3) is 0 Å². The molecule has 19 heavy (non-hydrogen) atoms. The van der Waals surface area contributed by atoms with E-state index in [2.05, 4.69) is 5.32 Å². The SMILES string of the molecule is NC(=O)c1ccc(CNc2ccccc2F)c(F)c1. The normalized spacial score (nSPS) is 10.2. The highest BCUT2D eigenvalue weighted by molar-refractivity contribution is 5.92. The average molecular weight is 262 g/mol. The van der Waals surface area contributed by atoms with Crippen molar-refractivity contribution in [2.24, 2.45) is 5.73 Å². The number of carbonyl (C=O) groups is 1. The Morgan fingerprint density at radius 3 is 2.47 bits per heavy atom. The van der Waals surface area contributed by atoms with Crippen molar-refractivity contribution in [3.05, 3.63) is 65.2 Å². The second-order valence-electron chi connectivity index (χ2n) is 4.00. The lowest BCUT2D eigenvalue weighted by molar-refractivity contribution is 0.1000. The summed E-state index contributed by atoms with van der Waals surface area (Å²) in [6.07, 6.45) is 0. The van der Waals surface area contributed by atoms with Gasteiger partial charge in [0.1, 0.15) is 11.6 Å². The Kier molecular flexibility index (Phi) is 3.75. The van der Waals surface area contributed by atoms with E-state index in [0.29, 0.717) is 11.3 Å². The van der Waals surface area contributed by atoms with Crippen LogP contribution in [0.5, 0.6) is 0 Å². The molecule has 5 heteroatoms. The molecule has 0 bridgehead atoms. The first-order chi connectivity index (χ1) is 9.08. The van der Waals surface area contributed by atoms with Crippen molar-refractivity contribution in [1.82, 2.24) is 0 Å². The van der Waals surface area contributed by atoms with Gasteiger partial charge in [0.15, 0.2) is 0 Å². The largest absolute Gasteiger partial charge is 0.378 e.